The van der Waals surface area contributed by atoms with Crippen LogP contribution in [-0.4, -0.2) is 40.8 Å². The molecule has 0 aliphatic carbocycles. The number of hydrogen-bond acceptors (Lipinski definition) is 7. The van der Waals surface area contributed by atoms with Gasteiger partial charge in [-0.1, -0.05) is 6.58 Å². The average molecular weight is 422 g/mol. The molecular weight excluding hydrogens is 400 g/mol. The van der Waals surface area contributed by atoms with Crippen molar-refractivity contribution in [1.82, 2.24) is 0 Å². The zero-order valence-electron chi connectivity index (χ0n) is 17.7. The molecule has 0 unspecified atom stereocenters. The summed E-state index contributed by atoms with van der Waals surface area (Å²) in [6.07, 6.45) is 5.26. The van der Waals surface area contributed by atoms with E-state index in [9.17, 15) is 4.79 Å². The molecule has 160 valence electrons. The zero-order valence-corrected chi connectivity index (χ0v) is 17.7. The molecule has 4 rings (SSSR count). The van der Waals surface area contributed by atoms with Gasteiger partial charge in [-0.05, 0) is 30.4 Å². The summed E-state index contributed by atoms with van der Waals surface area (Å²) in [5, 5.41) is 0. The number of methoxy groups -OCH3 is 4. The molecule has 31 heavy (non-hydrogen) atoms. The first-order valence-electron chi connectivity index (χ1n) is 9.50. The molecule has 0 fully saturated rings. The van der Waals surface area contributed by atoms with Crippen LogP contribution in [-0.2, 0) is 0 Å². The molecule has 2 heterocycles. The van der Waals surface area contributed by atoms with Crippen molar-refractivity contribution in [2.24, 2.45) is 0 Å². The largest absolute Gasteiger partial charge is 0.495 e. The molecule has 0 radical (unpaired) electrons. The maximum Gasteiger partial charge on any atom is 0.204 e. The molecule has 0 spiro atoms. The Bertz CT molecular complexity index is 1140. The highest BCUT2D eigenvalue weighted by atomic mass is 16.5. The molecule has 0 saturated heterocycles. The maximum absolute atomic E-state index is 13.7. The van der Waals surface area contributed by atoms with E-state index in [0.717, 1.165) is 0 Å². The lowest BCUT2D eigenvalue weighted by atomic mass is 9.91. The Balaban J connectivity index is 1.87. The predicted molar refractivity (Wildman–Crippen MR) is 116 cm³/mol. The minimum absolute atomic E-state index is 0.225. The fourth-order valence-corrected chi connectivity index (χ4v) is 3.75. The standard InChI is InChI=1S/C24H22O7/c1-13-6-7-14-17(31-13)9-8-16(22(14)27-3)21(25)15-10-11-30-18-12-19(26-2)23(28-4)24(29-5)20(15)18/h6-10,12H,1,11H2,2-5H3. The van der Waals surface area contributed by atoms with Crippen LogP contribution in [0.3, 0.4) is 0 Å². The van der Waals surface area contributed by atoms with Crippen LogP contribution in [0.5, 0.6) is 34.5 Å². The Hall–Kier alpha value is -3.87. The summed E-state index contributed by atoms with van der Waals surface area (Å²) in [6, 6.07) is 5.09. The van der Waals surface area contributed by atoms with Gasteiger partial charge in [-0.25, -0.2) is 0 Å². The molecule has 0 N–H and O–H groups in total. The topological polar surface area (TPSA) is 72.5 Å². The normalized spacial score (nSPS) is 13.8. The molecule has 7 heteroatoms. The number of carbonyl (C=O) groups is 1. The summed E-state index contributed by atoms with van der Waals surface area (Å²) in [5.41, 5.74) is 1.98. The van der Waals surface area contributed by atoms with Gasteiger partial charge in [0.2, 0.25) is 5.75 Å². The Morgan fingerprint density at radius 3 is 2.35 bits per heavy atom. The van der Waals surface area contributed by atoms with Crippen LogP contribution in [0, 0.1) is 0 Å². The highest BCUT2D eigenvalue weighted by molar-refractivity contribution is 6.31. The molecule has 7 nitrogen and oxygen atoms in total. The van der Waals surface area contributed by atoms with Crippen molar-refractivity contribution >= 4 is 17.4 Å². The summed E-state index contributed by atoms with van der Waals surface area (Å²) in [7, 11) is 6.05. The van der Waals surface area contributed by atoms with Crippen molar-refractivity contribution in [3.05, 3.63) is 59.4 Å². The Labute approximate surface area is 180 Å². The van der Waals surface area contributed by atoms with Crippen molar-refractivity contribution in [3.8, 4) is 34.5 Å². The summed E-state index contributed by atoms with van der Waals surface area (Å²) >= 11 is 0. The van der Waals surface area contributed by atoms with Crippen molar-refractivity contribution in [2.45, 2.75) is 0 Å². The first-order chi connectivity index (χ1) is 15.0. The molecule has 2 aliphatic rings. The van der Waals surface area contributed by atoms with E-state index in [4.69, 9.17) is 28.4 Å². The van der Waals surface area contributed by atoms with Crippen molar-refractivity contribution in [1.29, 1.82) is 0 Å². The number of fused-ring (bicyclic) bond motifs is 2. The lowest BCUT2D eigenvalue weighted by Gasteiger charge is -2.24. The van der Waals surface area contributed by atoms with E-state index in [2.05, 4.69) is 6.58 Å². The third-order valence-electron chi connectivity index (χ3n) is 5.12. The van der Waals surface area contributed by atoms with Gasteiger partial charge in [0.25, 0.3) is 0 Å². The first kappa shape index (κ1) is 20.4. The number of Topliss-reactive ketones (excluding diaryl/α,β-unsaturated/α-hetero) is 1. The summed E-state index contributed by atoms with van der Waals surface area (Å²) in [5.74, 6) is 2.91. The fourth-order valence-electron chi connectivity index (χ4n) is 3.75. The van der Waals surface area contributed by atoms with Crippen molar-refractivity contribution in [2.75, 3.05) is 35.0 Å². The van der Waals surface area contributed by atoms with E-state index >= 15 is 0 Å². The molecule has 0 amide bonds. The van der Waals surface area contributed by atoms with Gasteiger partial charge in [0, 0.05) is 11.6 Å². The number of ketones is 1. The second kappa shape index (κ2) is 8.10. The molecular formula is C24H22O7. The van der Waals surface area contributed by atoms with E-state index in [1.807, 2.05) is 6.08 Å². The van der Waals surface area contributed by atoms with Gasteiger partial charge in [0.15, 0.2) is 17.3 Å². The van der Waals surface area contributed by atoms with Crippen LogP contribution in [0.15, 0.2) is 42.7 Å². The van der Waals surface area contributed by atoms with Crippen LogP contribution < -0.4 is 28.4 Å². The van der Waals surface area contributed by atoms with Gasteiger partial charge < -0.3 is 28.4 Å². The lowest BCUT2D eigenvalue weighted by molar-refractivity contribution is 0.105. The van der Waals surface area contributed by atoms with E-state index in [1.54, 1.807) is 30.4 Å². The van der Waals surface area contributed by atoms with Crippen LogP contribution in [0.2, 0.25) is 0 Å². The molecule has 0 atom stereocenters. The van der Waals surface area contributed by atoms with E-state index in [0.29, 0.717) is 62.5 Å². The Kier molecular flexibility index (Phi) is 5.33. The van der Waals surface area contributed by atoms with Crippen LogP contribution in [0.25, 0.3) is 11.6 Å². The number of hydrogen-bond donors (Lipinski definition) is 0. The average Bonchev–Trinajstić information content (AvgIpc) is 2.80. The third-order valence-corrected chi connectivity index (χ3v) is 5.12. The van der Waals surface area contributed by atoms with Gasteiger partial charge in [0.05, 0.1) is 45.1 Å². The molecule has 0 aromatic heterocycles. The van der Waals surface area contributed by atoms with E-state index < -0.39 is 0 Å². The number of benzene rings is 2. The monoisotopic (exact) mass is 422 g/mol. The van der Waals surface area contributed by atoms with E-state index in [1.165, 1.54) is 28.4 Å². The Morgan fingerprint density at radius 1 is 0.935 bits per heavy atom. The quantitative estimate of drug-likeness (QED) is 0.643. The predicted octanol–water partition coefficient (Wildman–Crippen LogP) is 4.30. The van der Waals surface area contributed by atoms with E-state index in [-0.39, 0.29) is 12.4 Å². The molecule has 0 saturated carbocycles. The first-order valence-corrected chi connectivity index (χ1v) is 9.50. The van der Waals surface area contributed by atoms with Gasteiger partial charge in [0.1, 0.15) is 29.6 Å². The highest BCUT2D eigenvalue weighted by Crippen LogP contribution is 2.50. The minimum atomic E-state index is -0.243. The van der Waals surface area contributed by atoms with Gasteiger partial charge >= 0.3 is 0 Å². The second-order valence-corrected chi connectivity index (χ2v) is 6.74. The SMILES string of the molecule is C=C1C=Cc2c(ccc(C(=O)C3=CCOc4cc(OC)c(OC)c(OC)c43)c2OC)O1. The number of rotatable bonds is 6. The zero-order chi connectivity index (χ0) is 22.1. The van der Waals surface area contributed by atoms with Crippen LogP contribution in [0.4, 0.5) is 0 Å². The number of allylic oxidation sites excluding steroid dienone is 2. The molecule has 2 aliphatic heterocycles. The molecule has 2 aromatic rings. The highest BCUT2D eigenvalue weighted by Gasteiger charge is 2.32. The summed E-state index contributed by atoms with van der Waals surface area (Å²) in [6.45, 7) is 4.02. The minimum Gasteiger partial charge on any atom is -0.495 e. The van der Waals surface area contributed by atoms with Crippen LogP contribution in [0.1, 0.15) is 21.5 Å². The van der Waals surface area contributed by atoms with Gasteiger partial charge in [-0.15, -0.1) is 0 Å². The van der Waals surface area contributed by atoms with Crippen molar-refractivity contribution < 1.29 is 33.2 Å². The summed E-state index contributed by atoms with van der Waals surface area (Å²) < 4.78 is 33.5. The van der Waals surface area contributed by atoms with Crippen molar-refractivity contribution in [3.63, 3.8) is 0 Å². The second-order valence-electron chi connectivity index (χ2n) is 6.74. The Morgan fingerprint density at radius 2 is 1.68 bits per heavy atom. The molecule has 2 aromatic carbocycles. The number of carbonyl (C=O) groups excluding carboxylic acids is 1. The smallest absolute Gasteiger partial charge is 0.204 e. The van der Waals surface area contributed by atoms with Gasteiger partial charge in [-0.3, -0.25) is 4.79 Å². The number of ether oxygens (including phenoxy) is 6. The summed E-state index contributed by atoms with van der Waals surface area (Å²) in [4.78, 5) is 13.7. The lowest BCUT2D eigenvalue weighted by Crippen LogP contribution is -2.15. The third kappa shape index (κ3) is 3.28. The van der Waals surface area contributed by atoms with Gasteiger partial charge in [-0.2, -0.15) is 0 Å². The molecule has 0 bridgehead atoms. The fraction of sp³-hybridized carbons (Fsp3) is 0.208. The maximum atomic E-state index is 13.7. The van der Waals surface area contributed by atoms with Crippen LogP contribution >= 0.6 is 0 Å².